The molecule has 0 bridgehead atoms. The summed E-state index contributed by atoms with van der Waals surface area (Å²) >= 11 is 0. The number of nitriles is 1. The molecule has 2 aliphatic rings. The van der Waals surface area contributed by atoms with Gasteiger partial charge in [-0.25, -0.2) is 0 Å². The molecule has 1 saturated heterocycles. The Morgan fingerprint density at radius 2 is 1.77 bits per heavy atom. The number of carbonyl (C=O) groups excluding carboxylic acids is 2. The van der Waals surface area contributed by atoms with Crippen molar-refractivity contribution in [3.05, 3.63) is 89.0 Å². The van der Waals surface area contributed by atoms with Crippen LogP contribution >= 0.6 is 0 Å². The minimum Gasteiger partial charge on any atom is -0.507 e. The molecule has 0 spiro atoms. The van der Waals surface area contributed by atoms with Crippen LogP contribution in [0, 0.1) is 11.3 Å². The number of anilines is 1. The summed E-state index contributed by atoms with van der Waals surface area (Å²) in [5.74, 6) is -0.428. The number of amides is 1. The van der Waals surface area contributed by atoms with E-state index in [1.54, 1.807) is 66.7 Å². The zero-order valence-corrected chi connectivity index (χ0v) is 18.7. The van der Waals surface area contributed by atoms with Gasteiger partial charge >= 0.3 is 0 Å². The second-order valence-electron chi connectivity index (χ2n) is 7.96. The number of carbonyl (C=O) groups is 2. The second-order valence-corrected chi connectivity index (χ2v) is 7.96. The molecule has 3 aromatic rings. The normalized spacial score (nSPS) is 18.3. The number of ether oxygens (including phenoxy) is 3. The van der Waals surface area contributed by atoms with Gasteiger partial charge in [-0.2, -0.15) is 5.26 Å². The summed E-state index contributed by atoms with van der Waals surface area (Å²) in [5.41, 5.74) is 1.66. The van der Waals surface area contributed by atoms with E-state index in [1.165, 1.54) is 12.0 Å². The van der Waals surface area contributed by atoms with Gasteiger partial charge in [0.05, 0.1) is 30.4 Å². The van der Waals surface area contributed by atoms with Gasteiger partial charge in [0.15, 0.2) is 11.5 Å². The number of benzene rings is 3. The summed E-state index contributed by atoms with van der Waals surface area (Å²) in [6.07, 6.45) is 0. The average molecular weight is 468 g/mol. The predicted molar refractivity (Wildman–Crippen MR) is 126 cm³/mol. The number of aliphatic hydroxyl groups is 1. The van der Waals surface area contributed by atoms with Crippen LogP contribution < -0.4 is 19.1 Å². The molecule has 8 nitrogen and oxygen atoms in total. The standard InChI is InChI=1S/C27H20N2O6/c1-33-20-4-2-3-17(13-20)24-23(25(30)18-7-10-21-22(14-18)35-12-11-34-21)26(31)27(32)29(24)19-8-5-16(15-28)6-9-19/h2-10,13-14,24,30H,11-12H2,1H3/b25-23-. The highest BCUT2D eigenvalue weighted by Gasteiger charge is 2.47. The Kier molecular flexibility index (Phi) is 5.59. The van der Waals surface area contributed by atoms with Crippen LogP contribution in [0.25, 0.3) is 5.76 Å². The van der Waals surface area contributed by atoms with E-state index < -0.39 is 17.7 Å². The monoisotopic (exact) mass is 468 g/mol. The van der Waals surface area contributed by atoms with Crippen molar-refractivity contribution in [2.24, 2.45) is 0 Å². The Bertz CT molecular complexity index is 1400. The van der Waals surface area contributed by atoms with E-state index in [9.17, 15) is 14.7 Å². The number of ketones is 1. The molecule has 5 rings (SSSR count). The van der Waals surface area contributed by atoms with E-state index >= 15 is 0 Å². The topological polar surface area (TPSA) is 109 Å². The number of nitrogens with zero attached hydrogens (tertiary/aromatic N) is 2. The van der Waals surface area contributed by atoms with Crippen LogP contribution in [0.4, 0.5) is 5.69 Å². The Balaban J connectivity index is 1.69. The van der Waals surface area contributed by atoms with Gasteiger partial charge in [0, 0.05) is 11.3 Å². The number of methoxy groups -OCH3 is 1. The molecule has 1 amide bonds. The highest BCUT2D eigenvalue weighted by atomic mass is 16.6. The SMILES string of the molecule is COc1cccc(C2/C(=C(/O)c3ccc4c(c3)OCCO4)C(=O)C(=O)N2c2ccc(C#N)cc2)c1. The van der Waals surface area contributed by atoms with Gasteiger partial charge in [-0.05, 0) is 60.2 Å². The predicted octanol–water partition coefficient (Wildman–Crippen LogP) is 3.96. The summed E-state index contributed by atoms with van der Waals surface area (Å²) in [6.45, 7) is 0.786. The summed E-state index contributed by atoms with van der Waals surface area (Å²) in [6, 6.07) is 19.3. The Hall–Kier alpha value is -4.77. The van der Waals surface area contributed by atoms with Crippen molar-refractivity contribution in [1.29, 1.82) is 5.26 Å². The molecule has 174 valence electrons. The summed E-state index contributed by atoms with van der Waals surface area (Å²) < 4.78 is 16.5. The molecular formula is C27H20N2O6. The van der Waals surface area contributed by atoms with Gasteiger partial charge in [-0.15, -0.1) is 0 Å². The molecule has 0 saturated carbocycles. The van der Waals surface area contributed by atoms with E-state index in [4.69, 9.17) is 19.5 Å². The van der Waals surface area contributed by atoms with Gasteiger partial charge in [-0.3, -0.25) is 14.5 Å². The minimum absolute atomic E-state index is 0.0655. The van der Waals surface area contributed by atoms with Crippen LogP contribution in [0.2, 0.25) is 0 Å². The highest BCUT2D eigenvalue weighted by molar-refractivity contribution is 6.51. The van der Waals surface area contributed by atoms with E-state index in [0.717, 1.165) is 0 Å². The maximum Gasteiger partial charge on any atom is 0.300 e. The molecule has 1 unspecified atom stereocenters. The van der Waals surface area contributed by atoms with Crippen LogP contribution in [-0.4, -0.2) is 37.1 Å². The van der Waals surface area contributed by atoms with Gasteiger partial charge in [-0.1, -0.05) is 12.1 Å². The fraction of sp³-hybridized carbons (Fsp3) is 0.148. The van der Waals surface area contributed by atoms with Crippen molar-refractivity contribution in [3.8, 4) is 23.3 Å². The number of fused-ring (bicyclic) bond motifs is 1. The third-order valence-corrected chi connectivity index (χ3v) is 5.94. The molecule has 8 heteroatoms. The van der Waals surface area contributed by atoms with E-state index in [0.29, 0.717) is 52.8 Å². The summed E-state index contributed by atoms with van der Waals surface area (Å²) in [5, 5.41) is 20.5. The van der Waals surface area contributed by atoms with Gasteiger partial charge in [0.25, 0.3) is 11.7 Å². The molecule has 0 aliphatic carbocycles. The molecule has 2 heterocycles. The van der Waals surface area contributed by atoms with Crippen molar-refractivity contribution >= 4 is 23.1 Å². The van der Waals surface area contributed by atoms with E-state index in [1.807, 2.05) is 6.07 Å². The number of rotatable bonds is 4. The Morgan fingerprint density at radius 3 is 2.49 bits per heavy atom. The molecule has 0 aromatic heterocycles. The molecule has 35 heavy (non-hydrogen) atoms. The lowest BCUT2D eigenvalue weighted by Gasteiger charge is -2.26. The maximum absolute atomic E-state index is 13.3. The fourth-order valence-electron chi connectivity index (χ4n) is 4.27. The first kappa shape index (κ1) is 22.0. The number of hydrogen-bond acceptors (Lipinski definition) is 7. The first-order chi connectivity index (χ1) is 17.0. The van der Waals surface area contributed by atoms with Crippen molar-refractivity contribution in [2.45, 2.75) is 6.04 Å². The zero-order valence-electron chi connectivity index (χ0n) is 18.7. The molecule has 3 aromatic carbocycles. The van der Waals surface area contributed by atoms with Gasteiger partial charge in [0.1, 0.15) is 24.7 Å². The van der Waals surface area contributed by atoms with Crippen molar-refractivity contribution in [2.75, 3.05) is 25.2 Å². The van der Waals surface area contributed by atoms with E-state index in [2.05, 4.69) is 0 Å². The second kappa shape index (κ2) is 8.88. The zero-order chi connectivity index (χ0) is 24.5. The number of aliphatic hydroxyl groups excluding tert-OH is 1. The lowest BCUT2D eigenvalue weighted by atomic mass is 9.94. The minimum atomic E-state index is -0.925. The van der Waals surface area contributed by atoms with Gasteiger partial charge in [0.2, 0.25) is 0 Å². The molecular weight excluding hydrogens is 448 g/mol. The third-order valence-electron chi connectivity index (χ3n) is 5.94. The third kappa shape index (κ3) is 3.83. The first-order valence-electron chi connectivity index (χ1n) is 10.9. The lowest BCUT2D eigenvalue weighted by Crippen LogP contribution is -2.29. The van der Waals surface area contributed by atoms with Crippen LogP contribution in [0.1, 0.15) is 22.7 Å². The number of hydrogen-bond donors (Lipinski definition) is 1. The van der Waals surface area contributed by atoms with Crippen LogP contribution in [0.3, 0.4) is 0 Å². The van der Waals surface area contributed by atoms with Crippen molar-refractivity contribution in [1.82, 2.24) is 0 Å². The summed E-state index contributed by atoms with van der Waals surface area (Å²) in [4.78, 5) is 27.9. The molecule has 2 aliphatic heterocycles. The highest BCUT2D eigenvalue weighted by Crippen LogP contribution is 2.43. The first-order valence-corrected chi connectivity index (χ1v) is 10.9. The Labute approximate surface area is 201 Å². The molecule has 1 fully saturated rings. The van der Waals surface area contributed by atoms with E-state index in [-0.39, 0.29) is 11.3 Å². The van der Waals surface area contributed by atoms with Crippen molar-refractivity contribution < 1.29 is 28.9 Å². The molecule has 1 atom stereocenters. The van der Waals surface area contributed by atoms with Crippen LogP contribution in [0.5, 0.6) is 17.2 Å². The maximum atomic E-state index is 13.3. The molecule has 1 N–H and O–H groups in total. The number of Topliss-reactive ketones (excluding diaryl/α,β-unsaturated/α-hetero) is 1. The lowest BCUT2D eigenvalue weighted by molar-refractivity contribution is -0.132. The average Bonchev–Trinajstić information content (AvgIpc) is 3.18. The quantitative estimate of drug-likeness (QED) is 0.351. The Morgan fingerprint density at radius 1 is 1.03 bits per heavy atom. The van der Waals surface area contributed by atoms with Crippen molar-refractivity contribution in [3.63, 3.8) is 0 Å². The van der Waals surface area contributed by atoms with Gasteiger partial charge < -0.3 is 19.3 Å². The molecule has 0 radical (unpaired) electrons. The fourth-order valence-corrected chi connectivity index (χ4v) is 4.27. The van der Waals surface area contributed by atoms with Crippen LogP contribution in [0.15, 0.2) is 72.3 Å². The van der Waals surface area contributed by atoms with Crippen LogP contribution in [-0.2, 0) is 9.59 Å². The smallest absolute Gasteiger partial charge is 0.300 e. The largest absolute Gasteiger partial charge is 0.507 e. The summed E-state index contributed by atoms with van der Waals surface area (Å²) in [7, 11) is 1.52.